The Morgan fingerprint density at radius 2 is 0.800 bits per heavy atom. The average Bonchev–Trinajstić information content (AvgIpc) is 3.74. The first-order chi connectivity index (χ1) is 26.9. The maximum atomic E-state index is 10.9. The van der Waals surface area contributed by atoms with E-state index in [1.165, 1.54) is 0 Å². The molecule has 0 atom stereocenters. The van der Waals surface area contributed by atoms with Crippen LogP contribution in [0.1, 0.15) is 0 Å². The van der Waals surface area contributed by atoms with Gasteiger partial charge in [-0.15, -0.1) is 0 Å². The summed E-state index contributed by atoms with van der Waals surface area (Å²) >= 11 is 0. The fourth-order valence-corrected chi connectivity index (χ4v) is 7.95. The molecule has 8 nitrogen and oxygen atoms in total. The number of benzene rings is 7. The standard InChI is InChI=1S/C45H31B2N5O3/c46-37-39(38(47)41(54)42(55)40(37)53)51-33-17-9-7-15-29(33)31-24-36-32(23-35(31)51)30-16-8-10-18-34(30)52(36)45-49-43(27-13-5-2-6-14-27)48-44(50-45)28-21-19-26(20-22-28)25-11-3-1-4-12-25/h1-24,53-55H,46-47H2. The number of phenols is 3. The van der Waals surface area contributed by atoms with Gasteiger partial charge in [0.25, 0.3) is 0 Å². The average molecular weight is 711 g/mol. The van der Waals surface area contributed by atoms with E-state index in [2.05, 4.69) is 75.9 Å². The van der Waals surface area contributed by atoms with Crippen molar-refractivity contribution in [2.45, 2.75) is 0 Å². The van der Waals surface area contributed by atoms with E-state index in [1.807, 2.05) is 78.9 Å². The molecule has 7 aromatic carbocycles. The van der Waals surface area contributed by atoms with E-state index in [0.717, 1.165) is 65.9 Å². The summed E-state index contributed by atoms with van der Waals surface area (Å²) in [5.74, 6) is 0.390. The van der Waals surface area contributed by atoms with Crippen molar-refractivity contribution in [2.24, 2.45) is 0 Å². The van der Waals surface area contributed by atoms with Crippen LogP contribution in [-0.4, -0.2) is 55.1 Å². The zero-order chi connectivity index (χ0) is 37.4. The highest BCUT2D eigenvalue weighted by atomic mass is 16.3. The molecule has 3 aromatic heterocycles. The lowest BCUT2D eigenvalue weighted by molar-refractivity contribution is 0.372. The predicted molar refractivity (Wildman–Crippen MR) is 226 cm³/mol. The molecule has 3 N–H and O–H groups in total. The van der Waals surface area contributed by atoms with Crippen LogP contribution in [-0.2, 0) is 0 Å². The Labute approximate surface area is 317 Å². The van der Waals surface area contributed by atoms with E-state index in [0.29, 0.717) is 34.2 Å². The van der Waals surface area contributed by atoms with Crippen LogP contribution in [0.15, 0.2) is 146 Å². The summed E-state index contributed by atoms with van der Waals surface area (Å²) in [7, 11) is 3.50. The maximum absolute atomic E-state index is 10.9. The summed E-state index contributed by atoms with van der Waals surface area (Å²) in [5.41, 5.74) is 9.14. The van der Waals surface area contributed by atoms with E-state index < -0.39 is 5.75 Å². The second-order valence-corrected chi connectivity index (χ2v) is 13.8. The summed E-state index contributed by atoms with van der Waals surface area (Å²) in [5, 5.41) is 36.3. The highest BCUT2D eigenvalue weighted by Gasteiger charge is 2.25. The zero-order valence-corrected chi connectivity index (χ0v) is 29.9. The van der Waals surface area contributed by atoms with Gasteiger partial charge in [-0.25, -0.2) is 4.98 Å². The van der Waals surface area contributed by atoms with Crippen LogP contribution in [0.2, 0.25) is 0 Å². The Hall–Kier alpha value is -7.32. The summed E-state index contributed by atoms with van der Waals surface area (Å²) in [4.78, 5) is 15.3. The van der Waals surface area contributed by atoms with Gasteiger partial charge in [-0.1, -0.05) is 121 Å². The highest BCUT2D eigenvalue weighted by Crippen LogP contribution is 2.41. The number of para-hydroxylation sites is 2. The topological polar surface area (TPSA) is 109 Å². The van der Waals surface area contributed by atoms with E-state index in [1.54, 1.807) is 15.7 Å². The number of aromatic nitrogens is 5. The molecule has 260 valence electrons. The van der Waals surface area contributed by atoms with Crippen molar-refractivity contribution in [3.8, 4) is 62.8 Å². The lowest BCUT2D eigenvalue weighted by Gasteiger charge is -2.18. The lowest BCUT2D eigenvalue weighted by Crippen LogP contribution is -2.25. The van der Waals surface area contributed by atoms with Gasteiger partial charge in [0.05, 0.1) is 22.1 Å². The van der Waals surface area contributed by atoms with E-state index >= 15 is 0 Å². The molecule has 0 saturated carbocycles. The van der Waals surface area contributed by atoms with Gasteiger partial charge < -0.3 is 19.9 Å². The Morgan fingerprint density at radius 3 is 1.36 bits per heavy atom. The van der Waals surface area contributed by atoms with Gasteiger partial charge in [0, 0.05) is 38.4 Å². The highest BCUT2D eigenvalue weighted by molar-refractivity contribution is 6.45. The Morgan fingerprint density at radius 1 is 0.382 bits per heavy atom. The molecule has 0 spiro atoms. The summed E-state index contributed by atoms with van der Waals surface area (Å²) < 4.78 is 4.17. The Bertz CT molecular complexity index is 3110. The number of hydrogen-bond acceptors (Lipinski definition) is 6. The molecule has 0 unspecified atom stereocenters. The first-order valence-corrected chi connectivity index (χ1v) is 18.1. The number of nitrogens with zero attached hydrogens (tertiary/aromatic N) is 5. The molecule has 0 bridgehead atoms. The molecule has 0 aliphatic carbocycles. The minimum Gasteiger partial charge on any atom is -0.505 e. The quantitative estimate of drug-likeness (QED) is 0.136. The second-order valence-electron chi connectivity index (χ2n) is 13.8. The summed E-state index contributed by atoms with van der Waals surface area (Å²) in [6, 6.07) is 49.2. The van der Waals surface area contributed by atoms with Crippen LogP contribution >= 0.6 is 0 Å². The number of fused-ring (bicyclic) bond motifs is 6. The van der Waals surface area contributed by atoms with Gasteiger partial charge in [-0.2, -0.15) is 9.97 Å². The van der Waals surface area contributed by atoms with Gasteiger partial charge >= 0.3 is 0 Å². The normalized spacial score (nSPS) is 11.6. The SMILES string of the molecule is Bc1c(O)c(O)c(O)c(B)c1-n1c2ccccc2c2cc3c(cc21)c1ccccc1n3-c1nc(-c2ccccc2)nc(-c2ccc(-c3ccccc3)cc2)n1. The first kappa shape index (κ1) is 32.3. The molecular formula is C45H31B2N5O3. The Kier molecular flexibility index (Phi) is 7.28. The fourth-order valence-electron chi connectivity index (χ4n) is 7.95. The first-order valence-electron chi connectivity index (χ1n) is 18.1. The monoisotopic (exact) mass is 711 g/mol. The molecule has 0 radical (unpaired) electrons. The van der Waals surface area contributed by atoms with Crippen molar-refractivity contribution in [2.75, 3.05) is 0 Å². The van der Waals surface area contributed by atoms with Crippen LogP contribution in [0.3, 0.4) is 0 Å². The third-order valence-corrected chi connectivity index (χ3v) is 10.7. The zero-order valence-electron chi connectivity index (χ0n) is 29.9. The number of phenolic OH excluding ortho intramolecular Hbond substituents is 3. The molecule has 10 rings (SSSR count). The van der Waals surface area contributed by atoms with Crippen molar-refractivity contribution in [1.82, 2.24) is 24.1 Å². The third kappa shape index (κ3) is 4.99. The molecule has 0 amide bonds. The van der Waals surface area contributed by atoms with Crippen LogP contribution in [0.4, 0.5) is 0 Å². The van der Waals surface area contributed by atoms with Crippen molar-refractivity contribution in [3.63, 3.8) is 0 Å². The van der Waals surface area contributed by atoms with Crippen LogP contribution in [0, 0.1) is 0 Å². The molecule has 0 aliphatic heterocycles. The predicted octanol–water partition coefficient (Wildman–Crippen LogP) is 6.70. The van der Waals surface area contributed by atoms with Crippen LogP contribution in [0.5, 0.6) is 17.2 Å². The maximum Gasteiger partial charge on any atom is 0.238 e. The number of rotatable bonds is 5. The molecule has 0 saturated heterocycles. The van der Waals surface area contributed by atoms with Crippen LogP contribution in [0.25, 0.3) is 89.2 Å². The second kappa shape index (κ2) is 12.4. The van der Waals surface area contributed by atoms with Crippen molar-refractivity contribution >= 4 is 70.2 Å². The molecule has 10 aromatic rings. The largest absolute Gasteiger partial charge is 0.505 e. The molecular weight excluding hydrogens is 680 g/mol. The van der Waals surface area contributed by atoms with Crippen LogP contribution < -0.4 is 10.9 Å². The van der Waals surface area contributed by atoms with Gasteiger partial charge in [-0.3, -0.25) is 4.57 Å². The van der Waals surface area contributed by atoms with Gasteiger partial charge in [0.2, 0.25) is 5.95 Å². The van der Waals surface area contributed by atoms with E-state index in [4.69, 9.17) is 15.0 Å². The van der Waals surface area contributed by atoms with Crippen molar-refractivity contribution in [3.05, 3.63) is 146 Å². The molecule has 55 heavy (non-hydrogen) atoms. The van der Waals surface area contributed by atoms with Gasteiger partial charge in [-0.05, 0) is 46.3 Å². The minimum atomic E-state index is -0.524. The van der Waals surface area contributed by atoms with Gasteiger partial charge in [0.1, 0.15) is 15.7 Å². The van der Waals surface area contributed by atoms with E-state index in [9.17, 15) is 15.3 Å². The third-order valence-electron chi connectivity index (χ3n) is 10.7. The molecule has 0 aliphatic rings. The van der Waals surface area contributed by atoms with E-state index in [-0.39, 0.29) is 11.5 Å². The minimum absolute atomic E-state index is 0.351. The molecule has 0 fully saturated rings. The molecule has 3 heterocycles. The smallest absolute Gasteiger partial charge is 0.238 e. The Balaban J connectivity index is 1.26. The van der Waals surface area contributed by atoms with Gasteiger partial charge in [0.15, 0.2) is 28.9 Å². The molecule has 10 heteroatoms. The number of hydrogen-bond donors (Lipinski definition) is 3. The van der Waals surface area contributed by atoms with Crippen molar-refractivity contribution < 1.29 is 15.3 Å². The summed E-state index contributed by atoms with van der Waals surface area (Å²) in [6.07, 6.45) is 0. The number of aromatic hydroxyl groups is 3. The fraction of sp³-hybridized carbons (Fsp3) is 0. The lowest BCUT2D eigenvalue weighted by atomic mass is 9.82. The van der Waals surface area contributed by atoms with Crippen molar-refractivity contribution in [1.29, 1.82) is 0 Å². The summed E-state index contributed by atoms with van der Waals surface area (Å²) in [6.45, 7) is 0.